The zero-order chi connectivity index (χ0) is 29.2. The molecule has 3 rings (SSSR count). The molecule has 3 aliphatic heterocycles. The lowest BCUT2D eigenvalue weighted by Gasteiger charge is -2.48. The van der Waals surface area contributed by atoms with E-state index in [1.165, 1.54) is 6.92 Å². The largest absolute Gasteiger partial charge is 0.394 e. The van der Waals surface area contributed by atoms with E-state index in [0.29, 0.717) is 0 Å². The first kappa shape index (κ1) is 31.9. The van der Waals surface area contributed by atoms with Crippen molar-refractivity contribution in [3.05, 3.63) is 0 Å². The van der Waals surface area contributed by atoms with E-state index in [4.69, 9.17) is 23.7 Å². The van der Waals surface area contributed by atoms with Crippen LogP contribution in [-0.2, 0) is 33.3 Å². The summed E-state index contributed by atoms with van der Waals surface area (Å²) in [7, 11) is 0. The van der Waals surface area contributed by atoms with Crippen molar-refractivity contribution >= 4 is 11.8 Å². The number of aliphatic hydroxyl groups excluding tert-OH is 8. The summed E-state index contributed by atoms with van der Waals surface area (Å²) < 4.78 is 27.8. The minimum Gasteiger partial charge on any atom is -0.394 e. The number of aliphatic hydroxyl groups is 8. The van der Waals surface area contributed by atoms with Crippen LogP contribution in [0.25, 0.3) is 0 Å². The van der Waals surface area contributed by atoms with Crippen LogP contribution in [0.2, 0.25) is 0 Å². The first-order valence-electron chi connectivity index (χ1n) is 12.4. The van der Waals surface area contributed by atoms with Gasteiger partial charge in [0.15, 0.2) is 18.9 Å². The molecule has 17 heteroatoms. The molecule has 2 amide bonds. The van der Waals surface area contributed by atoms with Crippen molar-refractivity contribution in [3.8, 4) is 0 Å². The van der Waals surface area contributed by atoms with Crippen LogP contribution in [0.3, 0.4) is 0 Å². The Morgan fingerprint density at radius 3 is 1.79 bits per heavy atom. The monoisotopic (exact) mass is 570 g/mol. The van der Waals surface area contributed by atoms with Gasteiger partial charge in [0.2, 0.25) is 11.8 Å². The van der Waals surface area contributed by atoms with E-state index >= 15 is 0 Å². The van der Waals surface area contributed by atoms with Gasteiger partial charge < -0.3 is 75.2 Å². The molecule has 39 heavy (non-hydrogen) atoms. The molecule has 0 aromatic heterocycles. The highest BCUT2D eigenvalue weighted by Gasteiger charge is 2.53. The molecule has 10 N–H and O–H groups in total. The summed E-state index contributed by atoms with van der Waals surface area (Å²) in [6.07, 6.45) is -19.8. The van der Waals surface area contributed by atoms with E-state index in [0.717, 1.165) is 13.8 Å². The van der Waals surface area contributed by atoms with Crippen LogP contribution in [0.1, 0.15) is 20.8 Å². The highest BCUT2D eigenvalue weighted by Crippen LogP contribution is 2.32. The standard InChI is InChI=1S/C22H38N2O15/c1-6-13(29)19(39-21-12(24-8(3)28)15(31)14(30)9(4-25)37-21)17(33)22(35-6)38-18-10(5-26)36-20(34)11(16(18)32)23-7(2)27/h6,9-22,25-26,29-34H,4-5H2,1-3H3,(H,23,27)(H,24,28)/t6-,9+,10+,11+,12-,13-,14+,15+,16+,17+,18+,19+,20?,21+,22+/m0/s1. The summed E-state index contributed by atoms with van der Waals surface area (Å²) in [4.78, 5) is 23.2. The summed E-state index contributed by atoms with van der Waals surface area (Å²) in [5.41, 5.74) is 0. The molecule has 1 unspecified atom stereocenters. The van der Waals surface area contributed by atoms with E-state index in [1.807, 2.05) is 0 Å². The fourth-order valence-electron chi connectivity index (χ4n) is 4.81. The average molecular weight is 571 g/mol. The molecule has 0 radical (unpaired) electrons. The molecule has 3 aliphatic rings. The quantitative estimate of drug-likeness (QED) is 0.130. The van der Waals surface area contributed by atoms with Crippen LogP contribution < -0.4 is 10.6 Å². The van der Waals surface area contributed by atoms with Gasteiger partial charge in [0.25, 0.3) is 0 Å². The number of ether oxygens (including phenoxy) is 5. The zero-order valence-electron chi connectivity index (χ0n) is 21.5. The van der Waals surface area contributed by atoms with Crippen molar-refractivity contribution in [2.45, 2.75) is 113 Å². The van der Waals surface area contributed by atoms with Crippen LogP contribution in [0.15, 0.2) is 0 Å². The van der Waals surface area contributed by atoms with Gasteiger partial charge in [0.05, 0.1) is 19.3 Å². The lowest BCUT2D eigenvalue weighted by Crippen LogP contribution is -2.68. The molecule has 0 spiro atoms. The Morgan fingerprint density at radius 1 is 0.667 bits per heavy atom. The maximum Gasteiger partial charge on any atom is 0.217 e. The Labute approximate surface area is 223 Å². The highest BCUT2D eigenvalue weighted by atomic mass is 16.7. The third-order valence-corrected chi connectivity index (χ3v) is 6.86. The summed E-state index contributed by atoms with van der Waals surface area (Å²) in [5, 5.41) is 87.4. The van der Waals surface area contributed by atoms with E-state index in [-0.39, 0.29) is 0 Å². The van der Waals surface area contributed by atoms with Crippen molar-refractivity contribution in [2.24, 2.45) is 0 Å². The van der Waals surface area contributed by atoms with Crippen LogP contribution >= 0.6 is 0 Å². The second-order valence-electron chi connectivity index (χ2n) is 9.79. The van der Waals surface area contributed by atoms with Crippen LogP contribution in [0.4, 0.5) is 0 Å². The van der Waals surface area contributed by atoms with E-state index in [1.54, 1.807) is 0 Å². The predicted octanol–water partition coefficient (Wildman–Crippen LogP) is -6.26. The number of nitrogens with one attached hydrogen (secondary N) is 2. The Hall–Kier alpha value is -1.58. The van der Waals surface area contributed by atoms with Crippen molar-refractivity contribution in [1.82, 2.24) is 10.6 Å². The minimum atomic E-state index is -1.81. The summed E-state index contributed by atoms with van der Waals surface area (Å²) in [5.74, 6) is -1.22. The molecule has 0 aromatic rings. The molecule has 0 aliphatic carbocycles. The van der Waals surface area contributed by atoms with E-state index in [9.17, 15) is 50.4 Å². The summed E-state index contributed by atoms with van der Waals surface area (Å²) in [6.45, 7) is 2.23. The molecule has 3 heterocycles. The van der Waals surface area contributed by atoms with Crippen molar-refractivity contribution in [1.29, 1.82) is 0 Å². The Bertz CT molecular complexity index is 837. The van der Waals surface area contributed by atoms with Crippen molar-refractivity contribution < 1.29 is 74.1 Å². The molecular weight excluding hydrogens is 532 g/mol. The van der Waals surface area contributed by atoms with Gasteiger partial charge >= 0.3 is 0 Å². The minimum absolute atomic E-state index is 0.600. The van der Waals surface area contributed by atoms with Gasteiger partial charge in [-0.05, 0) is 6.92 Å². The molecule has 0 aromatic carbocycles. The fraction of sp³-hybridized carbons (Fsp3) is 0.909. The SMILES string of the molecule is CC(=O)N[C@@H]1[C@@H](O[C@@H]2[C@@H](O)[C@H](C)O[C@H](O[C@H]3[C@H](O)[C@@H](NC(C)=O)C(O)O[C@@H]3CO)[C@@H]2O)O[C@H](CO)[C@@H](O)[C@@H]1O. The predicted molar refractivity (Wildman–Crippen MR) is 123 cm³/mol. The number of carbonyl (C=O) groups excluding carboxylic acids is 2. The molecule has 3 fully saturated rings. The Morgan fingerprint density at radius 2 is 1.23 bits per heavy atom. The second-order valence-corrected chi connectivity index (χ2v) is 9.79. The van der Waals surface area contributed by atoms with Crippen molar-refractivity contribution in [3.63, 3.8) is 0 Å². The molecule has 15 atom stereocenters. The Balaban J connectivity index is 1.82. The third kappa shape index (κ3) is 7.02. The van der Waals surface area contributed by atoms with Crippen molar-refractivity contribution in [2.75, 3.05) is 13.2 Å². The maximum atomic E-state index is 11.7. The van der Waals surface area contributed by atoms with Gasteiger partial charge in [0.1, 0.15) is 67.0 Å². The number of hydrogen-bond donors (Lipinski definition) is 10. The lowest BCUT2D eigenvalue weighted by molar-refractivity contribution is -0.364. The zero-order valence-corrected chi connectivity index (χ0v) is 21.5. The molecule has 17 nitrogen and oxygen atoms in total. The van der Waals surface area contributed by atoms with Gasteiger partial charge in [-0.15, -0.1) is 0 Å². The van der Waals surface area contributed by atoms with Gasteiger partial charge in [0, 0.05) is 13.8 Å². The first-order chi connectivity index (χ1) is 18.3. The first-order valence-corrected chi connectivity index (χ1v) is 12.4. The Kier molecular flexibility index (Phi) is 11.0. The van der Waals surface area contributed by atoms with Gasteiger partial charge in [-0.3, -0.25) is 9.59 Å². The summed E-state index contributed by atoms with van der Waals surface area (Å²) >= 11 is 0. The molecular formula is C22H38N2O15. The molecule has 0 bridgehead atoms. The van der Waals surface area contributed by atoms with Gasteiger partial charge in [-0.2, -0.15) is 0 Å². The van der Waals surface area contributed by atoms with Crippen LogP contribution in [0, 0.1) is 0 Å². The van der Waals surface area contributed by atoms with E-state index in [2.05, 4.69) is 10.6 Å². The molecule has 3 saturated heterocycles. The number of rotatable bonds is 8. The third-order valence-electron chi connectivity index (χ3n) is 6.86. The number of carbonyl (C=O) groups is 2. The smallest absolute Gasteiger partial charge is 0.217 e. The normalized spacial score (nSPS) is 46.9. The van der Waals surface area contributed by atoms with Crippen LogP contribution in [-0.4, -0.2) is 158 Å². The second kappa shape index (κ2) is 13.4. The lowest BCUT2D eigenvalue weighted by atomic mass is 9.95. The van der Waals surface area contributed by atoms with Gasteiger partial charge in [-0.25, -0.2) is 0 Å². The highest BCUT2D eigenvalue weighted by molar-refractivity contribution is 5.73. The summed E-state index contributed by atoms with van der Waals surface area (Å²) in [6, 6.07) is -2.73. The molecule has 226 valence electrons. The van der Waals surface area contributed by atoms with Gasteiger partial charge in [-0.1, -0.05) is 0 Å². The number of hydrogen-bond acceptors (Lipinski definition) is 15. The average Bonchev–Trinajstić information content (AvgIpc) is 2.87. The molecule has 0 saturated carbocycles. The van der Waals surface area contributed by atoms with E-state index < -0.39 is 117 Å². The topological polar surface area (TPSA) is 266 Å². The van der Waals surface area contributed by atoms with Crippen LogP contribution in [0.5, 0.6) is 0 Å². The number of amides is 2. The fourth-order valence-corrected chi connectivity index (χ4v) is 4.81. The maximum absolute atomic E-state index is 11.7.